The van der Waals surface area contributed by atoms with Crippen molar-refractivity contribution in [1.29, 1.82) is 0 Å². The lowest BCUT2D eigenvalue weighted by atomic mass is 10.0. The lowest BCUT2D eigenvalue weighted by molar-refractivity contribution is 0.259. The van der Waals surface area contributed by atoms with E-state index in [2.05, 4.69) is 0 Å². The van der Waals surface area contributed by atoms with Crippen LogP contribution < -0.4 is 10.5 Å². The van der Waals surface area contributed by atoms with Crippen LogP contribution in [0.15, 0.2) is 18.2 Å². The number of rotatable bonds is 0. The molecule has 0 aromatic heterocycles. The first kappa shape index (κ1) is 7.55. The van der Waals surface area contributed by atoms with Crippen molar-refractivity contribution >= 4 is 0 Å². The van der Waals surface area contributed by atoms with Gasteiger partial charge in [0.05, 0.1) is 0 Å². The summed E-state index contributed by atoms with van der Waals surface area (Å²) in [7, 11) is 0. The first-order chi connectivity index (χ1) is 5.77. The fraction of sp³-hybridized carbons (Fsp3) is 0.333. The molecule has 0 unspecified atom stereocenters. The van der Waals surface area contributed by atoms with Gasteiger partial charge in [-0.3, -0.25) is 0 Å². The van der Waals surface area contributed by atoms with E-state index in [0.717, 1.165) is 0 Å². The Kier molecular flexibility index (Phi) is 1.73. The maximum atomic E-state index is 13.1. The minimum absolute atomic E-state index is 0.0746. The molecule has 1 atom stereocenters. The molecule has 0 spiro atoms. The van der Waals surface area contributed by atoms with Gasteiger partial charge in [-0.05, 0) is 18.6 Å². The highest BCUT2D eigenvalue weighted by Crippen LogP contribution is 2.25. The molecule has 1 aliphatic heterocycles. The maximum Gasteiger partial charge on any atom is 0.130 e. The average Bonchev–Trinajstić information content (AvgIpc) is 2.07. The van der Waals surface area contributed by atoms with Crippen LogP contribution in [-0.4, -0.2) is 12.6 Å². The Hall–Kier alpha value is -1.09. The van der Waals surface area contributed by atoms with E-state index >= 15 is 0 Å². The number of benzene rings is 1. The summed E-state index contributed by atoms with van der Waals surface area (Å²) in [5.41, 5.74) is 6.23. The van der Waals surface area contributed by atoms with Gasteiger partial charge < -0.3 is 10.5 Å². The highest BCUT2D eigenvalue weighted by Gasteiger charge is 2.19. The first-order valence-electron chi connectivity index (χ1n) is 3.93. The van der Waals surface area contributed by atoms with Crippen LogP contribution in [0.3, 0.4) is 0 Å². The van der Waals surface area contributed by atoms with Crippen LogP contribution in [0.25, 0.3) is 0 Å². The van der Waals surface area contributed by atoms with Crippen LogP contribution in [0.2, 0.25) is 0 Å². The van der Waals surface area contributed by atoms with E-state index < -0.39 is 0 Å². The predicted octanol–water partition coefficient (Wildman–Crippen LogP) is 1.09. The van der Waals surface area contributed by atoms with Gasteiger partial charge >= 0.3 is 0 Å². The Bertz CT molecular complexity index is 301. The lowest BCUT2D eigenvalue weighted by Crippen LogP contribution is -2.34. The van der Waals surface area contributed by atoms with Crippen molar-refractivity contribution in [2.45, 2.75) is 12.5 Å². The molecule has 2 rings (SSSR count). The average molecular weight is 167 g/mol. The molecule has 3 heteroatoms. The number of ether oxygens (including phenoxy) is 1. The van der Waals surface area contributed by atoms with Crippen LogP contribution >= 0.6 is 0 Å². The zero-order valence-electron chi connectivity index (χ0n) is 6.59. The Balaban J connectivity index is 2.43. The third-order valence-electron chi connectivity index (χ3n) is 2.00. The van der Waals surface area contributed by atoms with Crippen molar-refractivity contribution < 1.29 is 9.13 Å². The lowest BCUT2D eigenvalue weighted by Gasteiger charge is -2.22. The molecule has 0 aliphatic carbocycles. The van der Waals surface area contributed by atoms with Crippen LogP contribution in [0.4, 0.5) is 4.39 Å². The standard InChI is InChI=1S/C9H10FNO/c10-8-2-1-3-9-7(8)4-6(11)5-12-9/h1-3,6H,4-5,11H2/t6-/m1/s1. The van der Waals surface area contributed by atoms with E-state index in [1.807, 2.05) is 0 Å². The Morgan fingerprint density at radius 2 is 2.33 bits per heavy atom. The SMILES string of the molecule is N[C@H]1COc2cccc(F)c2C1. The fourth-order valence-corrected chi connectivity index (χ4v) is 1.39. The molecular weight excluding hydrogens is 157 g/mol. The number of halogens is 1. The summed E-state index contributed by atoms with van der Waals surface area (Å²) < 4.78 is 18.4. The smallest absolute Gasteiger partial charge is 0.130 e. The van der Waals surface area contributed by atoms with E-state index in [1.165, 1.54) is 6.07 Å². The number of fused-ring (bicyclic) bond motifs is 1. The predicted molar refractivity (Wildman–Crippen MR) is 43.6 cm³/mol. The highest BCUT2D eigenvalue weighted by molar-refractivity contribution is 5.36. The monoisotopic (exact) mass is 167 g/mol. The zero-order valence-corrected chi connectivity index (χ0v) is 6.59. The molecule has 64 valence electrons. The largest absolute Gasteiger partial charge is 0.492 e. The van der Waals surface area contributed by atoms with Crippen LogP contribution in [-0.2, 0) is 6.42 Å². The molecule has 2 N–H and O–H groups in total. The third kappa shape index (κ3) is 1.16. The van der Waals surface area contributed by atoms with Crippen LogP contribution in [0.1, 0.15) is 5.56 Å². The van der Waals surface area contributed by atoms with Gasteiger partial charge in [0.1, 0.15) is 18.2 Å². The van der Waals surface area contributed by atoms with E-state index in [9.17, 15) is 4.39 Å². The Morgan fingerprint density at radius 1 is 1.50 bits per heavy atom. The zero-order chi connectivity index (χ0) is 8.55. The van der Waals surface area contributed by atoms with Gasteiger partial charge in [0.2, 0.25) is 0 Å². The molecule has 0 saturated heterocycles. The van der Waals surface area contributed by atoms with Gasteiger partial charge in [-0.2, -0.15) is 0 Å². The topological polar surface area (TPSA) is 35.2 Å². The van der Waals surface area contributed by atoms with Crippen molar-refractivity contribution in [3.63, 3.8) is 0 Å². The minimum Gasteiger partial charge on any atom is -0.492 e. The normalized spacial score (nSPS) is 21.3. The molecular formula is C9H10FNO. The molecule has 0 bridgehead atoms. The summed E-state index contributed by atoms with van der Waals surface area (Å²) >= 11 is 0. The first-order valence-corrected chi connectivity index (χ1v) is 3.93. The number of hydrogen-bond acceptors (Lipinski definition) is 2. The van der Waals surface area contributed by atoms with Gasteiger partial charge in [0, 0.05) is 11.6 Å². The summed E-state index contributed by atoms with van der Waals surface area (Å²) in [4.78, 5) is 0. The summed E-state index contributed by atoms with van der Waals surface area (Å²) in [6.45, 7) is 0.483. The number of nitrogens with two attached hydrogens (primary N) is 1. The van der Waals surface area contributed by atoms with Crippen molar-refractivity contribution in [2.24, 2.45) is 5.73 Å². The third-order valence-corrected chi connectivity index (χ3v) is 2.00. The van der Waals surface area contributed by atoms with Gasteiger partial charge in [-0.25, -0.2) is 4.39 Å². The van der Waals surface area contributed by atoms with Crippen molar-refractivity contribution in [3.05, 3.63) is 29.6 Å². The second-order valence-corrected chi connectivity index (χ2v) is 2.99. The summed E-state index contributed by atoms with van der Waals surface area (Å²) in [5, 5.41) is 0. The van der Waals surface area contributed by atoms with E-state index in [0.29, 0.717) is 24.3 Å². The van der Waals surface area contributed by atoms with Gasteiger partial charge in [-0.15, -0.1) is 0 Å². The second kappa shape index (κ2) is 2.75. The molecule has 0 amide bonds. The number of hydrogen-bond donors (Lipinski definition) is 1. The minimum atomic E-state index is -0.220. The van der Waals surface area contributed by atoms with Gasteiger partial charge in [0.25, 0.3) is 0 Å². The fourth-order valence-electron chi connectivity index (χ4n) is 1.39. The molecule has 12 heavy (non-hydrogen) atoms. The Morgan fingerprint density at radius 3 is 3.17 bits per heavy atom. The maximum absolute atomic E-state index is 13.1. The van der Waals surface area contributed by atoms with Crippen molar-refractivity contribution in [1.82, 2.24) is 0 Å². The molecule has 0 fully saturated rings. The van der Waals surface area contributed by atoms with Crippen LogP contribution in [0.5, 0.6) is 5.75 Å². The Labute approximate surface area is 70.1 Å². The van der Waals surface area contributed by atoms with E-state index in [1.54, 1.807) is 12.1 Å². The summed E-state index contributed by atoms with van der Waals surface area (Å²) in [6, 6.07) is 4.77. The van der Waals surface area contributed by atoms with Crippen molar-refractivity contribution in [3.8, 4) is 5.75 Å². The van der Waals surface area contributed by atoms with Crippen molar-refractivity contribution in [2.75, 3.05) is 6.61 Å². The summed E-state index contributed by atoms with van der Waals surface area (Å²) in [5.74, 6) is 0.416. The molecule has 1 heterocycles. The highest BCUT2D eigenvalue weighted by atomic mass is 19.1. The molecule has 1 aromatic carbocycles. The van der Waals surface area contributed by atoms with E-state index in [-0.39, 0.29) is 11.9 Å². The summed E-state index contributed by atoms with van der Waals surface area (Å²) in [6.07, 6.45) is 0.571. The van der Waals surface area contributed by atoms with E-state index in [4.69, 9.17) is 10.5 Å². The molecule has 0 radical (unpaired) electrons. The molecule has 2 nitrogen and oxygen atoms in total. The molecule has 0 saturated carbocycles. The van der Waals surface area contributed by atoms with Gasteiger partial charge in [-0.1, -0.05) is 6.07 Å². The molecule has 1 aliphatic rings. The molecule has 1 aromatic rings. The second-order valence-electron chi connectivity index (χ2n) is 2.99. The quantitative estimate of drug-likeness (QED) is 0.627. The van der Waals surface area contributed by atoms with Gasteiger partial charge in [0.15, 0.2) is 0 Å². The van der Waals surface area contributed by atoms with Crippen LogP contribution in [0, 0.1) is 5.82 Å².